The van der Waals surface area contributed by atoms with Crippen LogP contribution in [0.3, 0.4) is 0 Å². The normalized spacial score (nSPS) is 12.0. The molecule has 0 aliphatic carbocycles. The largest absolute Gasteiger partial charge is 0.491 e. The quantitative estimate of drug-likeness (QED) is 0.0225. The van der Waals surface area contributed by atoms with E-state index in [9.17, 15) is 14.4 Å². The molecule has 0 radical (unpaired) electrons. The molecule has 2 aliphatic rings. The highest BCUT2D eigenvalue weighted by atomic mass is 79.9. The van der Waals surface area contributed by atoms with Crippen LogP contribution in [0.4, 0.5) is 37.9 Å². The zero-order valence-corrected chi connectivity index (χ0v) is 80.1. The molecule has 0 spiro atoms. The molecule has 682 valence electrons. The second-order valence-electron chi connectivity index (χ2n) is 31.2. The van der Waals surface area contributed by atoms with Crippen molar-refractivity contribution in [2.45, 2.75) is 144 Å². The third kappa shape index (κ3) is 35.6. The Morgan fingerprint density at radius 3 is 1.36 bits per heavy atom. The Balaban J connectivity index is 0.000000232. The molecule has 3 amide bonds. The van der Waals surface area contributed by atoms with Gasteiger partial charge in [-0.15, -0.1) is 0 Å². The molecule has 0 saturated carbocycles. The predicted octanol–water partition coefficient (Wildman–Crippen LogP) is 19.5. The number of nitrogens with one attached hydrogen (secondary N) is 7. The summed E-state index contributed by atoms with van der Waals surface area (Å²) in [7, 11) is 3.58. The fraction of sp³-hybridized carbons (Fsp3) is 0.348. The summed E-state index contributed by atoms with van der Waals surface area (Å²) >= 11 is 20.0. The fourth-order valence-corrected chi connectivity index (χ4v) is 12.2. The van der Waals surface area contributed by atoms with Crippen LogP contribution in [0.5, 0.6) is 11.5 Å². The van der Waals surface area contributed by atoms with Crippen LogP contribution in [0.2, 0.25) is 15.5 Å². The monoisotopic (exact) mass is 1910 g/mol. The smallest absolute Gasteiger partial charge is 0.407 e. The maximum absolute atomic E-state index is 11.6. The van der Waals surface area contributed by atoms with Crippen molar-refractivity contribution in [1.29, 1.82) is 0 Å². The van der Waals surface area contributed by atoms with Gasteiger partial charge in [0, 0.05) is 197 Å². The van der Waals surface area contributed by atoms with E-state index >= 15 is 0 Å². The lowest BCUT2D eigenvalue weighted by Crippen LogP contribution is -2.34. The molecular formula is C89H110BrCl3N22O11S2. The van der Waals surface area contributed by atoms with Gasteiger partial charge in [-0.2, -0.15) is 27.0 Å². The molecule has 2 aliphatic heterocycles. The minimum Gasteiger partial charge on any atom is -0.491 e. The average molecular weight is 1910 g/mol. The third-order valence-electron chi connectivity index (χ3n) is 17.2. The zero-order valence-electron chi connectivity index (χ0n) is 74.2. The third-order valence-corrected chi connectivity index (χ3v) is 18.4. The highest BCUT2D eigenvalue weighted by Gasteiger charge is 2.25. The number of pyridine rings is 5. The zero-order chi connectivity index (χ0) is 91.5. The number of furan rings is 3. The second-order valence-corrected chi connectivity index (χ2v) is 33.2. The van der Waals surface area contributed by atoms with Crippen molar-refractivity contribution in [3.63, 3.8) is 0 Å². The minimum atomic E-state index is -0.517. The summed E-state index contributed by atoms with van der Waals surface area (Å²) in [5.41, 5.74) is 13.9. The highest BCUT2D eigenvalue weighted by Crippen LogP contribution is 2.35. The first kappa shape index (κ1) is 105. The standard InChI is InChI=1S/C19H21N7O.C15H20N2O3.C15H18N2O3.C14H15ClN4O.C9H17NO2.C7H4BrNO.C6H9N3.C4H2Cl2N2.2H2S/c1-12(14-3-5-21-15-4-6-27-18(14)15)8-22-17-7-16(25-11-26-17)13-9-23-19(20-2)24-10-13;2*1-10(9-17-14(18)20-15(2,3)4)11-5-7-16-12-6-8-19-13(11)12;1-9(7-17-13-6-12(15)18-8-19-13)10-2-4-16-11-3-5-20-14(10)11;1-7(2)6-10-8(11)12-9(3,4)5;8-5-1-3-9-6-2-4-10-7(5)6;1-5-3-8-6(7-2)9-4-5;5-3-1-4(6)8-2-7-3;;/h3,5,7,9-12H,4,6,8H2,1-2H3,(H,20,23,24)(H,22,25,26);5-8,10H,9H2,1-4H3,(H,17,18);5-8H,1,9H2,2-4H3,(H,17,18);2,4,6,8-9H,3,5,7H2,1H3,(H,17,18,19);1,6H2,2-5H3,(H,10,11);1-4H;3-4H,1-2H3,(H,7,8,9);1-2H;2*1H2/t12-;;;9-;;;;;;/m1..1....../s1. The molecule has 13 aromatic heterocycles. The summed E-state index contributed by atoms with van der Waals surface area (Å²) in [6, 6.07) is 20.2. The number of nitrogens with zero attached hydrogens (tertiary/aromatic N) is 15. The van der Waals surface area contributed by atoms with Gasteiger partial charge in [0.05, 0.1) is 53.6 Å². The number of halogens is 4. The van der Waals surface area contributed by atoms with E-state index < -0.39 is 35.1 Å². The van der Waals surface area contributed by atoms with Gasteiger partial charge < -0.3 is 74.2 Å². The summed E-state index contributed by atoms with van der Waals surface area (Å²) in [6.07, 6.45) is 25.5. The van der Waals surface area contributed by atoms with Gasteiger partial charge in [0.15, 0.2) is 16.7 Å². The van der Waals surface area contributed by atoms with Crippen molar-refractivity contribution in [2.75, 3.05) is 81.3 Å². The van der Waals surface area contributed by atoms with Crippen molar-refractivity contribution < 1.29 is 51.3 Å². The summed E-state index contributed by atoms with van der Waals surface area (Å²) in [5, 5.41) is 21.6. The molecule has 13 aromatic rings. The van der Waals surface area contributed by atoms with Gasteiger partial charge >= 0.3 is 18.3 Å². The van der Waals surface area contributed by atoms with Crippen LogP contribution in [0, 0.1) is 6.92 Å². The fourth-order valence-electron chi connectivity index (χ4n) is 11.2. The summed E-state index contributed by atoms with van der Waals surface area (Å²) in [6.45, 7) is 38.3. The first-order valence-corrected chi connectivity index (χ1v) is 41.9. The number of rotatable bonds is 19. The van der Waals surface area contributed by atoms with Gasteiger partial charge in [0.1, 0.15) is 90.9 Å². The first-order chi connectivity index (χ1) is 60.0. The van der Waals surface area contributed by atoms with Crippen molar-refractivity contribution >= 4 is 158 Å². The second kappa shape index (κ2) is 51.6. The average Bonchev–Trinajstić information content (AvgIpc) is 1.64. The van der Waals surface area contributed by atoms with Crippen molar-refractivity contribution in [2.24, 2.45) is 0 Å². The maximum atomic E-state index is 11.6. The first-order valence-electron chi connectivity index (χ1n) is 39.9. The van der Waals surface area contributed by atoms with Gasteiger partial charge in [0.25, 0.3) is 0 Å². The van der Waals surface area contributed by atoms with E-state index in [4.69, 9.17) is 71.7 Å². The molecule has 15 rings (SSSR count). The van der Waals surface area contributed by atoms with Crippen LogP contribution in [0.15, 0.2) is 197 Å². The maximum Gasteiger partial charge on any atom is 0.407 e. The topological polar surface area (TPSA) is 414 Å². The Kier molecular flexibility index (Phi) is 42.2. The van der Waals surface area contributed by atoms with E-state index in [0.29, 0.717) is 58.6 Å². The van der Waals surface area contributed by atoms with Crippen molar-refractivity contribution in [1.82, 2.24) is 90.7 Å². The van der Waals surface area contributed by atoms with Crippen LogP contribution < -0.4 is 46.7 Å². The molecule has 7 N–H and O–H groups in total. The van der Waals surface area contributed by atoms with Gasteiger partial charge in [-0.3, -0.25) is 24.9 Å². The molecule has 0 bridgehead atoms. The Morgan fingerprint density at radius 1 is 0.477 bits per heavy atom. The summed E-state index contributed by atoms with van der Waals surface area (Å²) < 4.78 is 43.8. The summed E-state index contributed by atoms with van der Waals surface area (Å²) in [4.78, 5) is 95.7. The number of aryl methyl sites for hydroxylation is 1. The van der Waals surface area contributed by atoms with Crippen LogP contribution in [0.25, 0.3) is 50.1 Å². The molecule has 0 saturated heterocycles. The lowest BCUT2D eigenvalue weighted by atomic mass is 10.00. The number of carbonyl (C=O) groups is 3. The minimum absolute atomic E-state index is 0. The van der Waals surface area contributed by atoms with Gasteiger partial charge in [-0.25, -0.2) is 64.2 Å². The molecule has 128 heavy (non-hydrogen) atoms. The number of hydrogen-bond acceptors (Lipinski definition) is 30. The predicted molar refractivity (Wildman–Crippen MR) is 514 cm³/mol. The SMILES string of the molecule is Brc1ccnc2ccoc12.C=C(C)CNC(=O)OC(C)(C)C.C=C(CNC(=O)OC(C)(C)C)c1ccnc2ccoc12.CC(CNC(=O)OC(C)(C)C)c1ccnc2ccoc12.CNc1ncc(-c2cc(NC[C@@H](C)c3ccnc4c3OCC4)ncn2)cn1.CNc1ncc(C)cn1.C[C@H](CNc1cc(Cl)ncn1)c1ccnc2c1OCC2.Clc1cc(Cl)ncn1.S.S. The van der Waals surface area contributed by atoms with Crippen molar-refractivity contribution in [3.8, 4) is 22.8 Å². The van der Waals surface area contributed by atoms with Gasteiger partial charge in [0.2, 0.25) is 11.9 Å². The number of alkyl carbamates (subject to hydrolysis) is 3. The van der Waals surface area contributed by atoms with E-state index in [1.165, 1.54) is 29.8 Å². The molecule has 0 aromatic carbocycles. The molecule has 33 nitrogen and oxygen atoms in total. The Hall–Kier alpha value is -12.1. The van der Waals surface area contributed by atoms with E-state index in [0.717, 1.165) is 138 Å². The molecule has 0 fully saturated rings. The van der Waals surface area contributed by atoms with Crippen LogP contribution >= 0.6 is 77.7 Å². The number of anilines is 4. The van der Waals surface area contributed by atoms with Crippen LogP contribution in [-0.4, -0.2) is 170 Å². The number of carbonyl (C=O) groups excluding carboxylic acids is 3. The van der Waals surface area contributed by atoms with Gasteiger partial charge in [-0.1, -0.05) is 74.3 Å². The number of ether oxygens (including phenoxy) is 5. The van der Waals surface area contributed by atoms with Crippen LogP contribution in [0.1, 0.15) is 147 Å². The van der Waals surface area contributed by atoms with Gasteiger partial charge in [-0.05, 0) is 134 Å². The molecule has 1 unspecified atom stereocenters. The molecule has 15 heterocycles. The Morgan fingerprint density at radius 2 is 0.883 bits per heavy atom. The lowest BCUT2D eigenvalue weighted by Gasteiger charge is -2.21. The molecular weight excluding hydrogens is 1800 g/mol. The number of aromatic nitrogens is 15. The van der Waals surface area contributed by atoms with Crippen LogP contribution in [-0.2, 0) is 27.1 Å². The highest BCUT2D eigenvalue weighted by molar-refractivity contribution is 9.10. The number of hydrogen-bond donors (Lipinski definition) is 7. The molecule has 3 atom stereocenters. The Bertz CT molecular complexity index is 5670. The van der Waals surface area contributed by atoms with E-state index in [1.807, 2.05) is 144 Å². The van der Waals surface area contributed by atoms with E-state index in [-0.39, 0.29) is 45.4 Å². The van der Waals surface area contributed by atoms with Crippen molar-refractivity contribution in [3.05, 3.63) is 238 Å². The van der Waals surface area contributed by atoms with E-state index in [1.54, 1.807) is 94.7 Å². The number of amides is 3. The van der Waals surface area contributed by atoms with E-state index in [2.05, 4.69) is 155 Å². The number of fused-ring (bicyclic) bond motifs is 5. The Labute approximate surface area is 781 Å². The molecule has 39 heteroatoms. The lowest BCUT2D eigenvalue weighted by molar-refractivity contribution is 0.0516. The summed E-state index contributed by atoms with van der Waals surface area (Å²) in [5.74, 6) is 5.28.